The molecule has 3 heteroatoms. The number of para-hydroxylation sites is 1. The minimum Gasteiger partial charge on any atom is -0.310 e. The Labute approximate surface area is 100 Å². The summed E-state index contributed by atoms with van der Waals surface area (Å²) in [5.41, 5.74) is 1.09. The van der Waals surface area contributed by atoms with E-state index in [9.17, 15) is 4.79 Å². The third-order valence-electron chi connectivity index (χ3n) is 3.39. The Balaban J connectivity index is 2.19. The maximum Gasteiger partial charge on any atom is 0.269 e. The number of rotatable bonds is 1. The molecule has 0 amide bonds. The molecule has 0 radical (unpaired) electrons. The van der Waals surface area contributed by atoms with Gasteiger partial charge in [0.15, 0.2) is 0 Å². The van der Waals surface area contributed by atoms with Gasteiger partial charge in [-0.3, -0.25) is 4.79 Å². The van der Waals surface area contributed by atoms with E-state index in [4.69, 9.17) is 0 Å². The Kier molecular flexibility index (Phi) is 2.59. The van der Waals surface area contributed by atoms with Gasteiger partial charge in [-0.2, -0.15) is 0 Å². The Bertz CT molecular complexity index is 582. The predicted octanol–water partition coefficient (Wildman–Crippen LogP) is 2.12. The Morgan fingerprint density at radius 2 is 1.65 bits per heavy atom. The molecule has 88 valence electrons. The highest BCUT2D eigenvalue weighted by molar-refractivity contribution is 5.79. The van der Waals surface area contributed by atoms with Crippen molar-refractivity contribution in [3.8, 4) is 0 Å². The van der Waals surface area contributed by atoms with E-state index in [0.29, 0.717) is 0 Å². The summed E-state index contributed by atoms with van der Waals surface area (Å²) >= 11 is 0. The molecule has 1 aromatic carbocycles. The molecule has 1 fully saturated rings. The zero-order valence-corrected chi connectivity index (χ0v) is 9.80. The van der Waals surface area contributed by atoms with E-state index in [0.717, 1.165) is 24.0 Å². The molecule has 1 aromatic heterocycles. The van der Waals surface area contributed by atoms with E-state index >= 15 is 0 Å². The maximum atomic E-state index is 12.1. The lowest BCUT2D eigenvalue weighted by Crippen LogP contribution is -2.45. The molecule has 0 N–H and O–H groups in total. The number of pyridine rings is 1. The largest absolute Gasteiger partial charge is 0.310 e. The predicted molar refractivity (Wildman–Crippen MR) is 70.0 cm³/mol. The molecule has 0 saturated carbocycles. The standard InChI is InChI=1S/C14H16N2O/c17-14-9-8-12-6-2-3-7-13(12)16(14)15-10-4-1-5-11-15/h2-3,6-9H,1,4-5,10-11H2. The second-order valence-electron chi connectivity index (χ2n) is 4.56. The molecule has 0 bridgehead atoms. The van der Waals surface area contributed by atoms with Gasteiger partial charge >= 0.3 is 0 Å². The summed E-state index contributed by atoms with van der Waals surface area (Å²) < 4.78 is 1.84. The van der Waals surface area contributed by atoms with Crippen molar-refractivity contribution in [1.82, 2.24) is 4.68 Å². The third-order valence-corrected chi connectivity index (χ3v) is 3.39. The minimum absolute atomic E-state index is 0.0746. The van der Waals surface area contributed by atoms with Crippen molar-refractivity contribution >= 4 is 10.9 Å². The van der Waals surface area contributed by atoms with Crippen LogP contribution >= 0.6 is 0 Å². The van der Waals surface area contributed by atoms with E-state index in [1.54, 1.807) is 6.07 Å². The number of hydrogen-bond acceptors (Lipinski definition) is 2. The fraction of sp³-hybridized carbons (Fsp3) is 0.357. The highest BCUT2D eigenvalue weighted by Crippen LogP contribution is 2.14. The summed E-state index contributed by atoms with van der Waals surface area (Å²) in [6.07, 6.45) is 3.63. The van der Waals surface area contributed by atoms with Crippen molar-refractivity contribution in [2.24, 2.45) is 0 Å². The molecule has 2 aromatic rings. The van der Waals surface area contributed by atoms with Crippen LogP contribution in [-0.2, 0) is 0 Å². The van der Waals surface area contributed by atoms with Crippen molar-refractivity contribution < 1.29 is 0 Å². The maximum absolute atomic E-state index is 12.1. The minimum atomic E-state index is 0.0746. The summed E-state index contributed by atoms with van der Waals surface area (Å²) in [6, 6.07) is 11.6. The van der Waals surface area contributed by atoms with Crippen LogP contribution < -0.4 is 10.6 Å². The molecule has 3 nitrogen and oxygen atoms in total. The number of hydrogen-bond donors (Lipinski definition) is 0. The van der Waals surface area contributed by atoms with Crippen LogP contribution in [0.4, 0.5) is 0 Å². The molecule has 1 saturated heterocycles. The van der Waals surface area contributed by atoms with E-state index in [2.05, 4.69) is 11.1 Å². The zero-order valence-electron chi connectivity index (χ0n) is 9.80. The van der Waals surface area contributed by atoms with Crippen LogP contribution in [0.2, 0.25) is 0 Å². The fourth-order valence-corrected chi connectivity index (χ4v) is 2.54. The molecule has 1 aliphatic heterocycles. The van der Waals surface area contributed by atoms with Crippen molar-refractivity contribution in [2.45, 2.75) is 19.3 Å². The van der Waals surface area contributed by atoms with Crippen LogP contribution in [0.1, 0.15) is 19.3 Å². The first-order valence-corrected chi connectivity index (χ1v) is 6.22. The molecule has 3 rings (SSSR count). The van der Waals surface area contributed by atoms with Crippen LogP contribution in [0.15, 0.2) is 41.2 Å². The van der Waals surface area contributed by atoms with Gasteiger partial charge in [-0.05, 0) is 31.4 Å². The smallest absolute Gasteiger partial charge is 0.269 e. The normalized spacial score (nSPS) is 16.4. The van der Waals surface area contributed by atoms with Crippen LogP contribution in [0, 0.1) is 0 Å². The zero-order chi connectivity index (χ0) is 11.7. The summed E-state index contributed by atoms with van der Waals surface area (Å²) in [6.45, 7) is 1.96. The van der Waals surface area contributed by atoms with Crippen LogP contribution in [0.25, 0.3) is 10.9 Å². The topological polar surface area (TPSA) is 25.2 Å². The number of aromatic nitrogens is 1. The second kappa shape index (κ2) is 4.24. The monoisotopic (exact) mass is 228 g/mol. The molecular formula is C14H16N2O. The van der Waals surface area contributed by atoms with Crippen molar-refractivity contribution in [2.75, 3.05) is 18.1 Å². The third kappa shape index (κ3) is 1.82. The van der Waals surface area contributed by atoms with E-state index in [-0.39, 0.29) is 5.56 Å². The number of fused-ring (bicyclic) bond motifs is 1. The number of piperidine rings is 1. The lowest BCUT2D eigenvalue weighted by Gasteiger charge is -2.31. The van der Waals surface area contributed by atoms with Gasteiger partial charge in [0.1, 0.15) is 0 Å². The molecule has 0 atom stereocenters. The first-order valence-electron chi connectivity index (χ1n) is 6.22. The summed E-state index contributed by atoms with van der Waals surface area (Å²) in [5.74, 6) is 0. The van der Waals surface area contributed by atoms with Gasteiger partial charge in [0.2, 0.25) is 0 Å². The van der Waals surface area contributed by atoms with Gasteiger partial charge in [0.05, 0.1) is 5.52 Å². The van der Waals surface area contributed by atoms with Crippen molar-refractivity contribution in [1.29, 1.82) is 0 Å². The molecule has 17 heavy (non-hydrogen) atoms. The Morgan fingerprint density at radius 3 is 2.47 bits per heavy atom. The Morgan fingerprint density at radius 1 is 0.882 bits per heavy atom. The lowest BCUT2D eigenvalue weighted by molar-refractivity contribution is 0.479. The van der Waals surface area contributed by atoms with E-state index in [1.165, 1.54) is 19.3 Å². The van der Waals surface area contributed by atoms with Gasteiger partial charge < -0.3 is 5.01 Å². The first kappa shape index (κ1) is 10.4. The molecular weight excluding hydrogens is 212 g/mol. The average Bonchev–Trinajstić information content (AvgIpc) is 2.39. The van der Waals surface area contributed by atoms with E-state index in [1.807, 2.05) is 28.9 Å². The van der Waals surface area contributed by atoms with Gasteiger partial charge in [-0.15, -0.1) is 0 Å². The molecule has 0 unspecified atom stereocenters. The highest BCUT2D eigenvalue weighted by Gasteiger charge is 2.13. The van der Waals surface area contributed by atoms with Gasteiger partial charge in [-0.1, -0.05) is 18.2 Å². The molecule has 0 aliphatic carbocycles. The second-order valence-corrected chi connectivity index (χ2v) is 4.56. The average molecular weight is 228 g/mol. The fourth-order valence-electron chi connectivity index (χ4n) is 2.54. The summed E-state index contributed by atoms with van der Waals surface area (Å²) in [5, 5.41) is 3.30. The summed E-state index contributed by atoms with van der Waals surface area (Å²) in [4.78, 5) is 12.1. The van der Waals surface area contributed by atoms with Crippen molar-refractivity contribution in [3.05, 3.63) is 46.8 Å². The molecule has 2 heterocycles. The quantitative estimate of drug-likeness (QED) is 0.747. The van der Waals surface area contributed by atoms with Gasteiger partial charge in [0, 0.05) is 24.5 Å². The first-order chi connectivity index (χ1) is 8.36. The SMILES string of the molecule is O=c1ccc2ccccc2n1N1CCCCC1. The van der Waals surface area contributed by atoms with Gasteiger partial charge in [-0.25, -0.2) is 4.68 Å². The molecule has 0 spiro atoms. The Hall–Kier alpha value is -1.77. The lowest BCUT2D eigenvalue weighted by atomic mass is 10.1. The van der Waals surface area contributed by atoms with E-state index < -0.39 is 0 Å². The van der Waals surface area contributed by atoms with Gasteiger partial charge in [0.25, 0.3) is 5.56 Å². The van der Waals surface area contributed by atoms with Crippen LogP contribution in [-0.4, -0.2) is 17.8 Å². The van der Waals surface area contributed by atoms with Crippen LogP contribution in [0.5, 0.6) is 0 Å². The number of nitrogens with zero attached hydrogens (tertiary/aromatic N) is 2. The highest BCUT2D eigenvalue weighted by atomic mass is 16.1. The number of benzene rings is 1. The van der Waals surface area contributed by atoms with Crippen molar-refractivity contribution in [3.63, 3.8) is 0 Å². The summed E-state index contributed by atoms with van der Waals surface area (Å²) in [7, 11) is 0. The molecule has 1 aliphatic rings. The van der Waals surface area contributed by atoms with Crippen LogP contribution in [0.3, 0.4) is 0 Å².